The predicted octanol–water partition coefficient (Wildman–Crippen LogP) is 15.5. The van der Waals surface area contributed by atoms with Crippen molar-refractivity contribution in [2.75, 3.05) is 4.81 Å². The van der Waals surface area contributed by atoms with E-state index >= 15 is 0 Å². The minimum atomic E-state index is -0.196. The molecule has 0 amide bonds. The van der Waals surface area contributed by atoms with Crippen LogP contribution in [0.5, 0.6) is 0 Å². The number of aromatic nitrogens is 2. The lowest BCUT2D eigenvalue weighted by Crippen LogP contribution is -2.60. The molecule has 15 rings (SSSR count). The van der Waals surface area contributed by atoms with Gasteiger partial charge in [-0.25, -0.2) is 0 Å². The van der Waals surface area contributed by atoms with E-state index in [-0.39, 0.29) is 23.1 Å². The molecule has 0 spiro atoms. The van der Waals surface area contributed by atoms with Gasteiger partial charge in [0.05, 0.1) is 27.8 Å². The Hall–Kier alpha value is -7.30. The fourth-order valence-electron chi connectivity index (χ4n) is 14.0. The van der Waals surface area contributed by atoms with Gasteiger partial charge in [0.15, 0.2) is 0 Å². The Kier molecular flexibility index (Phi) is 7.51. The quantitative estimate of drug-likeness (QED) is 0.158. The third kappa shape index (κ3) is 4.99. The molecule has 4 heterocycles. The highest BCUT2D eigenvalue weighted by atomic mass is 15.1. The van der Waals surface area contributed by atoms with Crippen LogP contribution < -0.4 is 15.7 Å². The molecule has 0 bridgehead atoms. The van der Waals surface area contributed by atoms with Gasteiger partial charge in [0.25, 0.3) is 0 Å². The van der Waals surface area contributed by atoms with E-state index in [1.165, 1.54) is 157 Å². The number of aryl methyl sites for hydroxylation is 2. The maximum absolute atomic E-state index is 2.73. The summed E-state index contributed by atoms with van der Waals surface area (Å²) in [6.45, 7) is 19.2. The first-order valence-electron chi connectivity index (χ1n) is 25.2. The summed E-state index contributed by atoms with van der Waals surface area (Å²) >= 11 is 0. The van der Waals surface area contributed by atoms with Gasteiger partial charge < -0.3 is 13.9 Å². The SMILES string of the molecule is Cc1ccc(N2B3c4cc(C)ccc4-n4c5ccc6ccccc6c5c5c(-n6c7ccccc7c7ccccc76)cc(c3c54)-c3cc4c(cc32)C(C)(C)c2cc3c(cc2-4)C(C)(C)CCC3(C)C)cc1. The van der Waals surface area contributed by atoms with Gasteiger partial charge in [-0.15, -0.1) is 0 Å². The van der Waals surface area contributed by atoms with Crippen molar-refractivity contribution in [3.05, 3.63) is 191 Å². The van der Waals surface area contributed by atoms with Gasteiger partial charge in [-0.05, 0) is 159 Å². The predicted molar refractivity (Wildman–Crippen MR) is 294 cm³/mol. The van der Waals surface area contributed by atoms with Crippen LogP contribution in [0.1, 0.15) is 87.8 Å². The van der Waals surface area contributed by atoms with Crippen LogP contribution in [0.25, 0.3) is 88.0 Å². The number of nitrogens with zero attached hydrogens (tertiary/aromatic N) is 3. The molecule has 0 fully saturated rings. The normalized spacial score (nSPS) is 16.6. The van der Waals surface area contributed by atoms with Crippen molar-refractivity contribution in [1.82, 2.24) is 9.13 Å². The Morgan fingerprint density at radius 1 is 0.435 bits per heavy atom. The minimum absolute atomic E-state index is 0.0817. The number of fused-ring (bicyclic) bond motifs is 17. The van der Waals surface area contributed by atoms with Crippen LogP contribution in [-0.4, -0.2) is 16.0 Å². The van der Waals surface area contributed by atoms with Crippen molar-refractivity contribution < 1.29 is 0 Å². The third-order valence-electron chi connectivity index (χ3n) is 17.6. The van der Waals surface area contributed by atoms with Crippen LogP contribution in [0.3, 0.4) is 0 Å². The molecule has 0 atom stereocenters. The van der Waals surface area contributed by atoms with E-state index in [1.807, 2.05) is 0 Å². The molecule has 2 aliphatic carbocycles. The summed E-state index contributed by atoms with van der Waals surface area (Å²) in [4.78, 5) is 2.73. The van der Waals surface area contributed by atoms with E-state index in [0.29, 0.717) is 0 Å². The summed E-state index contributed by atoms with van der Waals surface area (Å²) in [7, 11) is 0. The van der Waals surface area contributed by atoms with Crippen molar-refractivity contribution in [2.24, 2.45) is 0 Å². The van der Waals surface area contributed by atoms with Crippen LogP contribution in [0, 0.1) is 13.8 Å². The molecule has 2 aromatic heterocycles. The van der Waals surface area contributed by atoms with Crippen LogP contribution >= 0.6 is 0 Å². The average molecular weight is 888 g/mol. The highest BCUT2D eigenvalue weighted by Crippen LogP contribution is 2.58. The second-order valence-electron chi connectivity index (χ2n) is 22.9. The number of benzene rings is 9. The second kappa shape index (κ2) is 13.1. The molecule has 69 heavy (non-hydrogen) atoms. The molecule has 9 aromatic carbocycles. The van der Waals surface area contributed by atoms with Crippen molar-refractivity contribution in [3.8, 4) is 33.6 Å². The first-order chi connectivity index (χ1) is 33.3. The summed E-state index contributed by atoms with van der Waals surface area (Å²) < 4.78 is 5.25. The van der Waals surface area contributed by atoms with Gasteiger partial charge in [0, 0.05) is 49.6 Å². The van der Waals surface area contributed by atoms with Crippen molar-refractivity contribution in [1.29, 1.82) is 0 Å². The summed E-state index contributed by atoms with van der Waals surface area (Å²) in [5, 5.41) is 7.70. The lowest BCUT2D eigenvalue weighted by molar-refractivity contribution is 0.331. The largest absolute Gasteiger partial charge is 0.376 e. The molecule has 0 radical (unpaired) electrons. The molecule has 11 aromatic rings. The molecule has 3 nitrogen and oxygen atoms in total. The molecule has 0 unspecified atom stereocenters. The minimum Gasteiger partial charge on any atom is -0.376 e. The number of rotatable bonds is 2. The van der Waals surface area contributed by atoms with Gasteiger partial charge in [-0.1, -0.05) is 150 Å². The Morgan fingerprint density at radius 3 is 1.78 bits per heavy atom. The van der Waals surface area contributed by atoms with E-state index in [9.17, 15) is 0 Å². The molecule has 0 N–H and O–H groups in total. The molecule has 0 saturated carbocycles. The van der Waals surface area contributed by atoms with Crippen molar-refractivity contribution >= 4 is 83.5 Å². The van der Waals surface area contributed by atoms with Gasteiger partial charge in [-0.3, -0.25) is 0 Å². The summed E-state index contributed by atoms with van der Waals surface area (Å²) in [6, 6.07) is 61.5. The smallest absolute Gasteiger partial charge is 0.333 e. The molecular formula is C65H54BN3. The summed E-state index contributed by atoms with van der Waals surface area (Å²) in [5.41, 5.74) is 26.6. The molecular weight excluding hydrogens is 834 g/mol. The first kappa shape index (κ1) is 39.7. The highest BCUT2D eigenvalue weighted by Gasteiger charge is 2.48. The maximum Gasteiger partial charge on any atom is 0.333 e. The van der Waals surface area contributed by atoms with E-state index < -0.39 is 0 Å². The Morgan fingerprint density at radius 2 is 1.06 bits per heavy atom. The second-order valence-corrected chi connectivity index (χ2v) is 22.9. The highest BCUT2D eigenvalue weighted by molar-refractivity contribution is 6.93. The van der Waals surface area contributed by atoms with E-state index in [4.69, 9.17) is 0 Å². The molecule has 2 aliphatic heterocycles. The zero-order valence-corrected chi connectivity index (χ0v) is 40.8. The lowest BCUT2D eigenvalue weighted by Gasteiger charge is -2.43. The Labute approximate surface area is 404 Å². The summed E-state index contributed by atoms with van der Waals surface area (Å²) in [6.07, 6.45) is 2.39. The van der Waals surface area contributed by atoms with Crippen LogP contribution in [0.2, 0.25) is 0 Å². The zero-order valence-electron chi connectivity index (χ0n) is 40.8. The topological polar surface area (TPSA) is 13.1 Å². The van der Waals surface area contributed by atoms with Gasteiger partial charge >= 0.3 is 6.85 Å². The van der Waals surface area contributed by atoms with Crippen molar-refractivity contribution in [2.45, 2.75) is 84.5 Å². The average Bonchev–Trinajstić information content (AvgIpc) is 3.95. The summed E-state index contributed by atoms with van der Waals surface area (Å²) in [5.74, 6) is 0. The molecule has 4 aliphatic rings. The van der Waals surface area contributed by atoms with Crippen LogP contribution in [-0.2, 0) is 16.2 Å². The molecule has 4 heteroatoms. The number of hydrogen-bond acceptors (Lipinski definition) is 1. The van der Waals surface area contributed by atoms with Crippen LogP contribution in [0.15, 0.2) is 158 Å². The molecule has 0 saturated heterocycles. The first-order valence-corrected chi connectivity index (χ1v) is 25.2. The van der Waals surface area contributed by atoms with Crippen molar-refractivity contribution in [3.63, 3.8) is 0 Å². The van der Waals surface area contributed by atoms with E-state index in [1.54, 1.807) is 0 Å². The molecule has 332 valence electrons. The lowest BCUT2D eigenvalue weighted by atomic mass is 9.43. The van der Waals surface area contributed by atoms with Gasteiger partial charge in [0.1, 0.15) is 0 Å². The monoisotopic (exact) mass is 887 g/mol. The number of hydrogen-bond donors (Lipinski definition) is 0. The fraction of sp³-hybridized carbons (Fsp3) is 0.200. The third-order valence-corrected chi connectivity index (χ3v) is 17.6. The van der Waals surface area contributed by atoms with Crippen LogP contribution in [0.4, 0.5) is 11.4 Å². The van der Waals surface area contributed by atoms with Gasteiger partial charge in [-0.2, -0.15) is 0 Å². The van der Waals surface area contributed by atoms with E-state index in [0.717, 1.165) is 0 Å². The Balaban J connectivity index is 1.16. The zero-order chi connectivity index (χ0) is 46.6. The number of para-hydroxylation sites is 2. The van der Waals surface area contributed by atoms with E-state index in [2.05, 4.69) is 227 Å². The Bertz CT molecular complexity index is 4080. The maximum atomic E-state index is 2.73. The fourth-order valence-corrected chi connectivity index (χ4v) is 14.0. The van der Waals surface area contributed by atoms with Gasteiger partial charge in [0.2, 0.25) is 0 Å². The standard InChI is InChI=1S/C65H54BN3/c1-37-21-25-40(26-22-37)69-57-36-49-44(45-33-50-51(35-48(45)65(49,7)8)64(5,6)30-29-63(50,3)4)32-46(57)47-34-58(67-53-19-13-11-17-42(53)43-18-12-14-20-54(43)67)60-59-41-16-10-9-15-39(41)24-28-56(59)68-55-27-23-38(2)31-52(55)66(69)61(47)62(60)68/h9-28,31-36H,29-30H2,1-8H3. The number of anilines is 2.